The van der Waals surface area contributed by atoms with E-state index in [2.05, 4.69) is 5.32 Å². The normalized spacial score (nSPS) is 24.3. The number of benzene rings is 1. The van der Waals surface area contributed by atoms with Gasteiger partial charge in [-0.3, -0.25) is 4.79 Å². The van der Waals surface area contributed by atoms with Crippen molar-refractivity contribution in [2.75, 3.05) is 23.7 Å². The maximum absolute atomic E-state index is 16.1. The van der Waals surface area contributed by atoms with E-state index in [9.17, 15) is 23.9 Å². The third-order valence-corrected chi connectivity index (χ3v) is 7.18. The topological polar surface area (TPSA) is 127 Å². The van der Waals surface area contributed by atoms with E-state index in [0.29, 0.717) is 0 Å². The Morgan fingerprint density at radius 3 is 2.42 bits per heavy atom. The standard InChI is InChI=1S/C24H27F3N4O5/c1-23(2,3)36-22(35)29-13-8-30(9-24(13)4-5-24)19-15(26)17(28)14-18(16(19)27)31(12-6-11(12)25)7-10(20(14)32)21(33)34/h7,11-13H,4-6,8-9,28H2,1-3H3,(H,29,35)(H,33,34). The number of carbonyl (C=O) groups excluding carboxylic acids is 1. The summed E-state index contributed by atoms with van der Waals surface area (Å²) < 4.78 is 52.0. The van der Waals surface area contributed by atoms with Gasteiger partial charge in [0.2, 0.25) is 5.43 Å². The number of nitrogens with one attached hydrogen (secondary N) is 1. The molecule has 1 saturated heterocycles. The average molecular weight is 508 g/mol. The molecule has 3 atom stereocenters. The van der Waals surface area contributed by atoms with Gasteiger partial charge in [0.25, 0.3) is 0 Å². The van der Waals surface area contributed by atoms with E-state index < -0.39 is 86.2 Å². The highest BCUT2D eigenvalue weighted by atomic mass is 19.1. The Kier molecular flexibility index (Phi) is 5.24. The lowest BCUT2D eigenvalue weighted by Gasteiger charge is -2.24. The zero-order valence-corrected chi connectivity index (χ0v) is 20.0. The fourth-order valence-corrected chi connectivity index (χ4v) is 5.14. The summed E-state index contributed by atoms with van der Waals surface area (Å²) in [5, 5.41) is 11.6. The van der Waals surface area contributed by atoms with Crippen molar-refractivity contribution >= 4 is 34.3 Å². The van der Waals surface area contributed by atoms with Crippen LogP contribution in [0.25, 0.3) is 10.9 Å². The van der Waals surface area contributed by atoms with E-state index in [-0.39, 0.29) is 19.5 Å². The van der Waals surface area contributed by atoms with Crippen molar-refractivity contribution in [2.24, 2.45) is 5.41 Å². The second-order valence-corrected chi connectivity index (χ2v) is 11.0. The number of carboxylic acids is 1. The molecule has 5 rings (SSSR count). The van der Waals surface area contributed by atoms with Crippen molar-refractivity contribution in [1.82, 2.24) is 9.88 Å². The number of nitrogens with two attached hydrogens (primary N) is 1. The van der Waals surface area contributed by atoms with Gasteiger partial charge in [0.15, 0.2) is 11.6 Å². The first-order valence-corrected chi connectivity index (χ1v) is 11.7. The Balaban J connectivity index is 1.60. The van der Waals surface area contributed by atoms with E-state index in [0.717, 1.165) is 23.6 Å². The first-order chi connectivity index (χ1) is 16.7. The zero-order valence-electron chi connectivity index (χ0n) is 20.0. The Morgan fingerprint density at radius 2 is 1.89 bits per heavy atom. The highest BCUT2D eigenvalue weighted by Crippen LogP contribution is 2.54. The maximum Gasteiger partial charge on any atom is 0.407 e. The van der Waals surface area contributed by atoms with Crippen LogP contribution in [0.1, 0.15) is 56.4 Å². The van der Waals surface area contributed by atoms with Crippen LogP contribution in [0.5, 0.6) is 0 Å². The Hall–Kier alpha value is -3.44. The smallest absolute Gasteiger partial charge is 0.407 e. The van der Waals surface area contributed by atoms with Gasteiger partial charge >= 0.3 is 12.1 Å². The molecule has 36 heavy (non-hydrogen) atoms. The van der Waals surface area contributed by atoms with Crippen molar-refractivity contribution in [3.63, 3.8) is 0 Å². The number of pyridine rings is 1. The molecule has 3 aliphatic rings. The number of anilines is 2. The molecule has 0 radical (unpaired) electrons. The van der Waals surface area contributed by atoms with Gasteiger partial charge in [0.1, 0.15) is 23.0 Å². The van der Waals surface area contributed by atoms with Gasteiger partial charge in [-0.1, -0.05) is 0 Å². The third-order valence-electron chi connectivity index (χ3n) is 7.18. The van der Waals surface area contributed by atoms with Gasteiger partial charge < -0.3 is 30.4 Å². The van der Waals surface area contributed by atoms with E-state index in [1.807, 2.05) is 0 Å². The first kappa shape index (κ1) is 24.3. The van der Waals surface area contributed by atoms with Gasteiger partial charge in [-0.25, -0.2) is 22.8 Å². The summed E-state index contributed by atoms with van der Waals surface area (Å²) in [7, 11) is 0. The largest absolute Gasteiger partial charge is 0.477 e. The summed E-state index contributed by atoms with van der Waals surface area (Å²) >= 11 is 0. The van der Waals surface area contributed by atoms with Crippen molar-refractivity contribution < 1.29 is 32.6 Å². The molecule has 4 N–H and O–H groups in total. The molecule has 3 unspecified atom stereocenters. The number of aromatic carboxylic acids is 1. The molecule has 2 aromatic rings. The van der Waals surface area contributed by atoms with Crippen LogP contribution in [0.3, 0.4) is 0 Å². The summed E-state index contributed by atoms with van der Waals surface area (Å²) in [4.78, 5) is 38.2. The van der Waals surface area contributed by atoms with E-state index in [1.54, 1.807) is 20.8 Å². The minimum absolute atomic E-state index is 0.00219. The predicted octanol–water partition coefficient (Wildman–Crippen LogP) is 3.34. The molecular formula is C24H27F3N4O5. The molecule has 12 heteroatoms. The van der Waals surface area contributed by atoms with Crippen LogP contribution in [0, 0.1) is 17.0 Å². The number of nitrogen functional groups attached to an aromatic ring is 1. The van der Waals surface area contributed by atoms with Crippen molar-refractivity contribution in [1.29, 1.82) is 0 Å². The molecule has 1 aromatic carbocycles. The number of nitrogens with zero attached hydrogens (tertiary/aromatic N) is 2. The number of halogens is 3. The van der Waals surface area contributed by atoms with Crippen molar-refractivity contribution in [3.05, 3.63) is 33.6 Å². The average Bonchev–Trinajstić information content (AvgIpc) is 3.65. The lowest BCUT2D eigenvalue weighted by Crippen LogP contribution is -2.44. The highest BCUT2D eigenvalue weighted by molar-refractivity contribution is 6.00. The molecule has 2 aliphatic carbocycles. The lowest BCUT2D eigenvalue weighted by atomic mass is 10.0. The van der Waals surface area contributed by atoms with E-state index >= 15 is 8.78 Å². The summed E-state index contributed by atoms with van der Waals surface area (Å²) in [5.74, 6) is -3.94. The highest BCUT2D eigenvalue weighted by Gasteiger charge is 2.56. The SMILES string of the molecule is CC(C)(C)OC(=O)NC1CN(c2c(F)c(N)c3c(=O)c(C(=O)O)cn(C4CC4F)c3c2F)CC12CC2. The molecular weight excluding hydrogens is 481 g/mol. The third kappa shape index (κ3) is 3.82. The fourth-order valence-electron chi connectivity index (χ4n) is 5.14. The number of aromatic nitrogens is 1. The van der Waals surface area contributed by atoms with Gasteiger partial charge in [-0.15, -0.1) is 0 Å². The number of alkyl carbamates (subject to hydrolysis) is 1. The van der Waals surface area contributed by atoms with Gasteiger partial charge in [-0.05, 0) is 33.6 Å². The molecule has 9 nitrogen and oxygen atoms in total. The predicted molar refractivity (Wildman–Crippen MR) is 125 cm³/mol. The van der Waals surface area contributed by atoms with E-state index in [4.69, 9.17) is 10.5 Å². The summed E-state index contributed by atoms with van der Waals surface area (Å²) in [6, 6.07) is -1.34. The Labute approximate surface area is 204 Å². The van der Waals surface area contributed by atoms with E-state index in [1.165, 1.54) is 4.90 Å². The van der Waals surface area contributed by atoms with Crippen LogP contribution in [-0.2, 0) is 4.74 Å². The minimum Gasteiger partial charge on any atom is -0.477 e. The minimum atomic E-state index is -1.61. The number of carboxylic acid groups (broad SMARTS) is 1. The second kappa shape index (κ2) is 7.78. The molecule has 2 heterocycles. The second-order valence-electron chi connectivity index (χ2n) is 11.0. The monoisotopic (exact) mass is 508 g/mol. The number of carbonyl (C=O) groups is 2. The molecule has 1 aromatic heterocycles. The van der Waals surface area contributed by atoms with Crippen LogP contribution in [0.15, 0.2) is 11.0 Å². The molecule has 1 aliphatic heterocycles. The van der Waals surface area contributed by atoms with Crippen LogP contribution < -0.4 is 21.4 Å². The molecule has 1 spiro atoms. The Bertz CT molecular complexity index is 1360. The lowest BCUT2D eigenvalue weighted by molar-refractivity contribution is 0.0493. The van der Waals surface area contributed by atoms with Crippen LogP contribution in [0.4, 0.5) is 29.3 Å². The molecule has 1 amide bonds. The number of hydrogen-bond donors (Lipinski definition) is 3. The molecule has 0 bridgehead atoms. The molecule has 3 fully saturated rings. The summed E-state index contributed by atoms with van der Waals surface area (Å²) in [5.41, 5.74) is 1.32. The summed E-state index contributed by atoms with van der Waals surface area (Å²) in [6.45, 7) is 5.45. The van der Waals surface area contributed by atoms with Crippen LogP contribution >= 0.6 is 0 Å². The summed E-state index contributed by atoms with van der Waals surface area (Å²) in [6.07, 6.45) is 0.342. The quantitative estimate of drug-likeness (QED) is 0.541. The maximum atomic E-state index is 16.1. The van der Waals surface area contributed by atoms with Gasteiger partial charge in [0, 0.05) is 31.1 Å². The molecule has 194 valence electrons. The van der Waals surface area contributed by atoms with Crippen molar-refractivity contribution in [3.8, 4) is 0 Å². The fraction of sp³-hybridized carbons (Fsp3) is 0.542. The van der Waals surface area contributed by atoms with Crippen molar-refractivity contribution in [2.45, 2.75) is 63.9 Å². The Morgan fingerprint density at radius 1 is 1.25 bits per heavy atom. The van der Waals surface area contributed by atoms with Gasteiger partial charge in [0.05, 0.1) is 28.7 Å². The number of fused-ring (bicyclic) bond motifs is 1. The molecule has 2 saturated carbocycles. The van der Waals surface area contributed by atoms with Crippen LogP contribution in [0.2, 0.25) is 0 Å². The number of hydrogen-bond acceptors (Lipinski definition) is 6. The van der Waals surface area contributed by atoms with Crippen LogP contribution in [-0.4, -0.2) is 52.6 Å². The zero-order chi connectivity index (χ0) is 26.3. The number of ether oxygens (including phenoxy) is 1. The number of amides is 1. The number of rotatable bonds is 4. The number of alkyl halides is 1. The van der Waals surface area contributed by atoms with Gasteiger partial charge in [-0.2, -0.15) is 0 Å². The first-order valence-electron chi connectivity index (χ1n) is 11.7.